The summed E-state index contributed by atoms with van der Waals surface area (Å²) in [5, 5.41) is 0.159. The van der Waals surface area contributed by atoms with Crippen LogP contribution in [0, 0.1) is 0 Å². The molecule has 0 unspecified atom stereocenters. The van der Waals surface area contributed by atoms with Gasteiger partial charge in [-0.1, -0.05) is 0 Å². The van der Waals surface area contributed by atoms with Crippen LogP contribution in [-0.2, 0) is 0 Å². The summed E-state index contributed by atoms with van der Waals surface area (Å²) in [5.41, 5.74) is 0. The molecule has 0 amide bonds. The van der Waals surface area contributed by atoms with Gasteiger partial charge in [0.25, 0.3) is 0 Å². The summed E-state index contributed by atoms with van der Waals surface area (Å²) in [5.74, 6) is 0.555. The molecule has 1 rings (SSSR count). The lowest BCUT2D eigenvalue weighted by Crippen LogP contribution is -2.25. The third-order valence-electron chi connectivity index (χ3n) is 2.39. The standard InChI is InChI=1S/C11H20ClN5O/c1-5-17(6-2)10-13-9(12)14-11(15-10)18-8-7-16(3)4/h5-8H2,1-4H3. The fraction of sp³-hybridized carbons (Fsp3) is 0.727. The third-order valence-corrected chi connectivity index (χ3v) is 2.56. The maximum absolute atomic E-state index is 5.87. The zero-order valence-corrected chi connectivity index (χ0v) is 12.1. The Labute approximate surface area is 113 Å². The van der Waals surface area contributed by atoms with Crippen LogP contribution in [0.25, 0.3) is 0 Å². The van der Waals surface area contributed by atoms with E-state index in [1.807, 2.05) is 37.7 Å². The van der Waals surface area contributed by atoms with Gasteiger partial charge in [0.05, 0.1) is 0 Å². The number of aromatic nitrogens is 3. The van der Waals surface area contributed by atoms with Crippen LogP contribution in [0.2, 0.25) is 5.28 Å². The molecule has 0 spiro atoms. The molecule has 0 atom stereocenters. The highest BCUT2D eigenvalue weighted by Gasteiger charge is 2.10. The normalized spacial score (nSPS) is 10.8. The van der Waals surface area contributed by atoms with Crippen molar-refractivity contribution in [2.45, 2.75) is 13.8 Å². The van der Waals surface area contributed by atoms with E-state index in [9.17, 15) is 0 Å². The monoisotopic (exact) mass is 273 g/mol. The molecule has 0 radical (unpaired) electrons. The molecule has 6 nitrogen and oxygen atoms in total. The molecule has 18 heavy (non-hydrogen) atoms. The van der Waals surface area contributed by atoms with Crippen molar-refractivity contribution >= 4 is 17.5 Å². The largest absolute Gasteiger partial charge is 0.462 e. The minimum atomic E-state index is 0.159. The molecule has 1 aromatic heterocycles. The molecular formula is C11H20ClN5O. The summed E-state index contributed by atoms with van der Waals surface area (Å²) in [6.07, 6.45) is 0. The van der Waals surface area contributed by atoms with Crippen molar-refractivity contribution in [3.05, 3.63) is 5.28 Å². The van der Waals surface area contributed by atoms with E-state index in [0.717, 1.165) is 19.6 Å². The van der Waals surface area contributed by atoms with Crippen molar-refractivity contribution in [2.24, 2.45) is 0 Å². The zero-order chi connectivity index (χ0) is 13.5. The average Bonchev–Trinajstić information content (AvgIpc) is 2.29. The summed E-state index contributed by atoms with van der Waals surface area (Å²) in [6.45, 7) is 7.01. The molecule has 0 aliphatic rings. The second-order valence-electron chi connectivity index (χ2n) is 4.01. The van der Waals surface area contributed by atoms with Gasteiger partial charge in [0.2, 0.25) is 11.2 Å². The van der Waals surface area contributed by atoms with E-state index in [-0.39, 0.29) is 11.3 Å². The van der Waals surface area contributed by atoms with E-state index in [1.54, 1.807) is 0 Å². The van der Waals surface area contributed by atoms with Gasteiger partial charge in [-0.05, 0) is 39.5 Å². The number of likely N-dealkylation sites (N-methyl/N-ethyl adjacent to an activating group) is 1. The average molecular weight is 274 g/mol. The Balaban J connectivity index is 2.74. The number of ether oxygens (including phenoxy) is 1. The first-order valence-corrected chi connectivity index (χ1v) is 6.38. The Bertz CT molecular complexity index is 370. The summed E-state index contributed by atoms with van der Waals surface area (Å²) >= 11 is 5.87. The summed E-state index contributed by atoms with van der Waals surface area (Å²) < 4.78 is 5.46. The van der Waals surface area contributed by atoms with Crippen molar-refractivity contribution in [2.75, 3.05) is 45.2 Å². The predicted octanol–water partition coefficient (Wildman–Crippen LogP) is 1.31. The van der Waals surface area contributed by atoms with Crippen molar-refractivity contribution in [1.82, 2.24) is 19.9 Å². The van der Waals surface area contributed by atoms with Gasteiger partial charge in [-0.15, -0.1) is 0 Å². The van der Waals surface area contributed by atoms with Gasteiger partial charge in [0, 0.05) is 19.6 Å². The SMILES string of the molecule is CCN(CC)c1nc(Cl)nc(OCCN(C)C)n1. The predicted molar refractivity (Wildman–Crippen MR) is 72.4 cm³/mol. The summed E-state index contributed by atoms with van der Waals surface area (Å²) in [7, 11) is 3.95. The Morgan fingerprint density at radius 2 is 1.78 bits per heavy atom. The molecule has 0 fully saturated rings. The van der Waals surface area contributed by atoms with E-state index >= 15 is 0 Å². The fourth-order valence-corrected chi connectivity index (χ4v) is 1.50. The maximum atomic E-state index is 5.87. The summed E-state index contributed by atoms with van der Waals surface area (Å²) in [4.78, 5) is 16.3. The Morgan fingerprint density at radius 3 is 2.33 bits per heavy atom. The lowest BCUT2D eigenvalue weighted by Gasteiger charge is -2.18. The molecule has 0 aliphatic carbocycles. The topological polar surface area (TPSA) is 54.4 Å². The molecule has 0 bridgehead atoms. The van der Waals surface area contributed by atoms with E-state index < -0.39 is 0 Å². The molecule has 0 aromatic carbocycles. The van der Waals surface area contributed by atoms with Crippen LogP contribution in [0.3, 0.4) is 0 Å². The van der Waals surface area contributed by atoms with Crippen molar-refractivity contribution < 1.29 is 4.74 Å². The number of anilines is 1. The second-order valence-corrected chi connectivity index (χ2v) is 4.35. The van der Waals surface area contributed by atoms with Crippen LogP contribution in [-0.4, -0.2) is 60.2 Å². The van der Waals surface area contributed by atoms with Crippen LogP contribution < -0.4 is 9.64 Å². The van der Waals surface area contributed by atoms with E-state index in [4.69, 9.17) is 16.3 Å². The molecule has 0 saturated carbocycles. The van der Waals surface area contributed by atoms with Crippen molar-refractivity contribution in [3.63, 3.8) is 0 Å². The van der Waals surface area contributed by atoms with E-state index in [1.165, 1.54) is 0 Å². The molecule has 0 saturated heterocycles. The summed E-state index contributed by atoms with van der Waals surface area (Å²) in [6, 6.07) is 0.277. The number of hydrogen-bond acceptors (Lipinski definition) is 6. The van der Waals surface area contributed by atoms with Crippen LogP contribution in [0.4, 0.5) is 5.95 Å². The highest BCUT2D eigenvalue weighted by atomic mass is 35.5. The molecule has 102 valence electrons. The minimum absolute atomic E-state index is 0.159. The Morgan fingerprint density at radius 1 is 1.11 bits per heavy atom. The number of rotatable bonds is 7. The quantitative estimate of drug-likeness (QED) is 0.747. The van der Waals surface area contributed by atoms with E-state index in [2.05, 4.69) is 15.0 Å². The van der Waals surface area contributed by atoms with Gasteiger partial charge in [0.15, 0.2) is 0 Å². The fourth-order valence-electron chi connectivity index (χ4n) is 1.35. The van der Waals surface area contributed by atoms with Gasteiger partial charge in [0.1, 0.15) is 6.61 Å². The van der Waals surface area contributed by atoms with Crippen LogP contribution in [0.15, 0.2) is 0 Å². The smallest absolute Gasteiger partial charge is 0.322 e. The van der Waals surface area contributed by atoms with Crippen LogP contribution >= 0.6 is 11.6 Å². The Kier molecular flexibility index (Phi) is 6.07. The highest BCUT2D eigenvalue weighted by Crippen LogP contribution is 2.14. The number of halogens is 1. The minimum Gasteiger partial charge on any atom is -0.462 e. The Hall–Kier alpha value is -1.14. The highest BCUT2D eigenvalue weighted by molar-refractivity contribution is 6.28. The van der Waals surface area contributed by atoms with E-state index in [0.29, 0.717) is 12.6 Å². The molecule has 7 heteroatoms. The maximum Gasteiger partial charge on any atom is 0.322 e. The zero-order valence-electron chi connectivity index (χ0n) is 11.4. The van der Waals surface area contributed by atoms with Gasteiger partial charge in [-0.3, -0.25) is 0 Å². The van der Waals surface area contributed by atoms with Gasteiger partial charge in [-0.25, -0.2) is 0 Å². The first-order chi connectivity index (χ1) is 8.56. The van der Waals surface area contributed by atoms with Crippen LogP contribution in [0.1, 0.15) is 13.8 Å². The van der Waals surface area contributed by atoms with Gasteiger partial charge >= 0.3 is 6.01 Å². The van der Waals surface area contributed by atoms with Crippen LogP contribution in [0.5, 0.6) is 6.01 Å². The molecule has 0 N–H and O–H groups in total. The lowest BCUT2D eigenvalue weighted by molar-refractivity contribution is 0.245. The lowest BCUT2D eigenvalue weighted by atomic mass is 10.5. The third kappa shape index (κ3) is 4.62. The first kappa shape index (κ1) is 14.9. The number of nitrogens with zero attached hydrogens (tertiary/aromatic N) is 5. The van der Waals surface area contributed by atoms with Crippen molar-refractivity contribution in [1.29, 1.82) is 0 Å². The second kappa shape index (κ2) is 7.33. The first-order valence-electron chi connectivity index (χ1n) is 6.00. The molecule has 1 heterocycles. The van der Waals surface area contributed by atoms with Gasteiger partial charge in [-0.2, -0.15) is 15.0 Å². The van der Waals surface area contributed by atoms with Gasteiger partial charge < -0.3 is 14.5 Å². The molecule has 1 aromatic rings. The molecular weight excluding hydrogens is 254 g/mol. The van der Waals surface area contributed by atoms with Crippen molar-refractivity contribution in [3.8, 4) is 6.01 Å². The molecule has 0 aliphatic heterocycles. The number of hydrogen-bond donors (Lipinski definition) is 0.